The summed E-state index contributed by atoms with van der Waals surface area (Å²) in [6.07, 6.45) is 3.24. The van der Waals surface area contributed by atoms with E-state index in [0.717, 1.165) is 12.3 Å². The molecule has 0 unspecified atom stereocenters. The van der Waals surface area contributed by atoms with Gasteiger partial charge < -0.3 is 5.11 Å². The molecule has 0 heterocycles. The molecule has 0 bridgehead atoms. The Hall–Kier alpha value is -0.820. The Labute approximate surface area is 79.4 Å². The fourth-order valence-electron chi connectivity index (χ4n) is 1.73. The Morgan fingerprint density at radius 3 is 2.85 bits per heavy atom. The second-order valence-corrected chi connectivity index (χ2v) is 4.07. The molecule has 0 radical (unpaired) electrons. The lowest BCUT2D eigenvalue weighted by molar-refractivity contribution is 0.195. The smallest absolute Gasteiger partial charge is 0.0552 e. The molecule has 2 rings (SSSR count). The van der Waals surface area contributed by atoms with Crippen LogP contribution in [0.15, 0.2) is 24.3 Å². The third-order valence-electron chi connectivity index (χ3n) is 2.53. The molecule has 0 aromatic heterocycles. The number of hydrogen-bond donors (Lipinski definition) is 1. The summed E-state index contributed by atoms with van der Waals surface area (Å²) < 4.78 is 0. The maximum Gasteiger partial charge on any atom is 0.0552 e. The van der Waals surface area contributed by atoms with Crippen LogP contribution < -0.4 is 0 Å². The van der Waals surface area contributed by atoms with E-state index in [-0.39, 0.29) is 6.10 Å². The fourth-order valence-corrected chi connectivity index (χ4v) is 1.73. The molecule has 1 atom stereocenters. The van der Waals surface area contributed by atoms with Gasteiger partial charge in [0, 0.05) is 0 Å². The fraction of sp³-hybridized carbons (Fsp3) is 0.500. The van der Waals surface area contributed by atoms with Crippen molar-refractivity contribution in [2.45, 2.75) is 38.2 Å². The summed E-state index contributed by atoms with van der Waals surface area (Å²) in [5.41, 5.74) is 2.72. The molecular formula is C12H16O. The summed E-state index contributed by atoms with van der Waals surface area (Å²) in [5.74, 6) is 0.814. The van der Waals surface area contributed by atoms with Crippen LogP contribution in [0.2, 0.25) is 0 Å². The Balaban J connectivity index is 2.12. The van der Waals surface area contributed by atoms with Crippen LogP contribution in [0.5, 0.6) is 0 Å². The van der Waals surface area contributed by atoms with Crippen LogP contribution in [0, 0.1) is 0 Å². The van der Waals surface area contributed by atoms with Crippen molar-refractivity contribution in [3.8, 4) is 0 Å². The minimum absolute atomic E-state index is 0.227. The van der Waals surface area contributed by atoms with Gasteiger partial charge in [0.25, 0.3) is 0 Å². The zero-order valence-electron chi connectivity index (χ0n) is 8.03. The number of aliphatic hydroxyl groups excluding tert-OH is 1. The summed E-state index contributed by atoms with van der Waals surface area (Å²) in [4.78, 5) is 0. The van der Waals surface area contributed by atoms with E-state index in [9.17, 15) is 5.11 Å². The quantitative estimate of drug-likeness (QED) is 0.750. The van der Waals surface area contributed by atoms with E-state index < -0.39 is 0 Å². The molecular weight excluding hydrogens is 160 g/mol. The third kappa shape index (κ3) is 2.31. The van der Waals surface area contributed by atoms with E-state index in [4.69, 9.17) is 0 Å². The molecule has 1 aromatic rings. The van der Waals surface area contributed by atoms with Crippen LogP contribution in [0.4, 0.5) is 0 Å². The largest absolute Gasteiger partial charge is 0.393 e. The van der Waals surface area contributed by atoms with E-state index in [1.54, 1.807) is 0 Å². The zero-order chi connectivity index (χ0) is 9.26. The van der Waals surface area contributed by atoms with Crippen LogP contribution in [-0.4, -0.2) is 11.2 Å². The molecule has 0 amide bonds. The zero-order valence-corrected chi connectivity index (χ0v) is 8.03. The minimum Gasteiger partial charge on any atom is -0.393 e. The van der Waals surface area contributed by atoms with Crippen LogP contribution in [0.25, 0.3) is 0 Å². The highest BCUT2D eigenvalue weighted by molar-refractivity contribution is 5.29. The minimum atomic E-state index is -0.227. The average Bonchev–Trinajstić information content (AvgIpc) is 2.85. The van der Waals surface area contributed by atoms with E-state index in [2.05, 4.69) is 24.3 Å². The lowest BCUT2D eigenvalue weighted by Crippen LogP contribution is -2.04. The van der Waals surface area contributed by atoms with E-state index in [1.807, 2.05) is 6.92 Å². The van der Waals surface area contributed by atoms with Crippen LogP contribution in [0.1, 0.15) is 36.8 Å². The second kappa shape index (κ2) is 3.51. The molecule has 13 heavy (non-hydrogen) atoms. The summed E-state index contributed by atoms with van der Waals surface area (Å²) >= 11 is 0. The lowest BCUT2D eigenvalue weighted by atomic mass is 10.0. The lowest BCUT2D eigenvalue weighted by Gasteiger charge is -2.06. The number of aliphatic hydroxyl groups is 1. The molecule has 0 saturated heterocycles. The van der Waals surface area contributed by atoms with Gasteiger partial charge in [-0.3, -0.25) is 0 Å². The summed E-state index contributed by atoms with van der Waals surface area (Å²) in [6, 6.07) is 8.64. The molecule has 1 N–H and O–H groups in total. The third-order valence-corrected chi connectivity index (χ3v) is 2.53. The van der Waals surface area contributed by atoms with Gasteiger partial charge in [0.15, 0.2) is 0 Å². The molecule has 70 valence electrons. The monoisotopic (exact) mass is 176 g/mol. The Morgan fingerprint density at radius 1 is 1.46 bits per heavy atom. The van der Waals surface area contributed by atoms with Crippen molar-refractivity contribution >= 4 is 0 Å². The van der Waals surface area contributed by atoms with Gasteiger partial charge in [-0.15, -0.1) is 0 Å². The van der Waals surface area contributed by atoms with Gasteiger partial charge in [-0.05, 0) is 43.2 Å². The van der Waals surface area contributed by atoms with Gasteiger partial charge in [-0.25, -0.2) is 0 Å². The molecule has 1 aliphatic rings. The van der Waals surface area contributed by atoms with Crippen molar-refractivity contribution in [2.75, 3.05) is 0 Å². The Bertz CT molecular complexity index is 287. The summed E-state index contributed by atoms with van der Waals surface area (Å²) in [6.45, 7) is 1.84. The highest BCUT2D eigenvalue weighted by Crippen LogP contribution is 2.40. The first-order valence-electron chi connectivity index (χ1n) is 5.02. The highest BCUT2D eigenvalue weighted by atomic mass is 16.3. The molecule has 1 fully saturated rings. The molecule has 0 spiro atoms. The Morgan fingerprint density at radius 2 is 2.23 bits per heavy atom. The standard InChI is InChI=1S/C12H16O/c1-9(13)7-10-3-2-4-12(8-10)11-5-6-11/h2-4,8-9,11,13H,5-7H2,1H3/t9-/m1/s1. The molecule has 1 saturated carbocycles. The van der Waals surface area contributed by atoms with Crippen molar-refractivity contribution in [1.29, 1.82) is 0 Å². The van der Waals surface area contributed by atoms with Crippen LogP contribution in [0.3, 0.4) is 0 Å². The van der Waals surface area contributed by atoms with Crippen LogP contribution >= 0.6 is 0 Å². The summed E-state index contributed by atoms with van der Waals surface area (Å²) in [5, 5.41) is 9.25. The van der Waals surface area contributed by atoms with Gasteiger partial charge in [0.2, 0.25) is 0 Å². The van der Waals surface area contributed by atoms with Gasteiger partial charge in [-0.2, -0.15) is 0 Å². The van der Waals surface area contributed by atoms with Gasteiger partial charge >= 0.3 is 0 Å². The van der Waals surface area contributed by atoms with Gasteiger partial charge in [0.05, 0.1) is 6.10 Å². The van der Waals surface area contributed by atoms with Crippen molar-refractivity contribution in [3.05, 3.63) is 35.4 Å². The second-order valence-electron chi connectivity index (χ2n) is 4.07. The van der Waals surface area contributed by atoms with E-state index in [0.29, 0.717) is 0 Å². The topological polar surface area (TPSA) is 20.2 Å². The first-order valence-corrected chi connectivity index (χ1v) is 5.02. The van der Waals surface area contributed by atoms with Crippen LogP contribution in [-0.2, 0) is 6.42 Å². The molecule has 0 aliphatic heterocycles. The summed E-state index contributed by atoms with van der Waals surface area (Å²) in [7, 11) is 0. The Kier molecular flexibility index (Phi) is 2.36. The maximum absolute atomic E-state index is 9.25. The molecule has 1 nitrogen and oxygen atoms in total. The van der Waals surface area contributed by atoms with Gasteiger partial charge in [0.1, 0.15) is 0 Å². The maximum atomic E-state index is 9.25. The van der Waals surface area contributed by atoms with Crippen molar-refractivity contribution in [2.24, 2.45) is 0 Å². The first-order chi connectivity index (χ1) is 6.25. The molecule has 1 heteroatoms. The predicted molar refractivity (Wildman–Crippen MR) is 53.8 cm³/mol. The first kappa shape index (κ1) is 8.76. The number of rotatable bonds is 3. The van der Waals surface area contributed by atoms with Crippen molar-refractivity contribution in [1.82, 2.24) is 0 Å². The van der Waals surface area contributed by atoms with Crippen molar-refractivity contribution in [3.63, 3.8) is 0 Å². The SMILES string of the molecule is C[C@@H](O)Cc1cccc(C2CC2)c1. The average molecular weight is 176 g/mol. The highest BCUT2D eigenvalue weighted by Gasteiger charge is 2.23. The number of benzene rings is 1. The van der Waals surface area contributed by atoms with E-state index >= 15 is 0 Å². The normalized spacial score (nSPS) is 18.6. The molecule has 1 aliphatic carbocycles. The van der Waals surface area contributed by atoms with E-state index in [1.165, 1.54) is 24.0 Å². The number of hydrogen-bond acceptors (Lipinski definition) is 1. The molecule has 1 aromatic carbocycles. The van der Waals surface area contributed by atoms with Crippen molar-refractivity contribution < 1.29 is 5.11 Å². The van der Waals surface area contributed by atoms with Gasteiger partial charge in [-0.1, -0.05) is 24.3 Å². The predicted octanol–water partition coefficient (Wildman–Crippen LogP) is 2.49.